The lowest BCUT2D eigenvalue weighted by Gasteiger charge is -2.13. The molecule has 0 aliphatic rings. The predicted octanol–water partition coefficient (Wildman–Crippen LogP) is 4.63. The summed E-state index contributed by atoms with van der Waals surface area (Å²) in [7, 11) is 0. The van der Waals surface area contributed by atoms with Crippen LogP contribution < -0.4 is 20.3 Å². The Morgan fingerprint density at radius 3 is 2.34 bits per heavy atom. The topological polar surface area (TPSA) is 80.4 Å². The van der Waals surface area contributed by atoms with Crippen LogP contribution in [0, 0.1) is 6.92 Å². The van der Waals surface area contributed by atoms with Gasteiger partial charge in [-0.15, -0.1) is 13.2 Å². The fraction of sp³-hybridized carbons (Fsp3) is 0.100. The summed E-state index contributed by atoms with van der Waals surface area (Å²) in [6.07, 6.45) is -3.39. The summed E-state index contributed by atoms with van der Waals surface area (Å²) in [5.41, 5.74) is 0.930. The van der Waals surface area contributed by atoms with E-state index in [1.807, 2.05) is 0 Å². The second-order valence-electron chi connectivity index (χ2n) is 6.02. The van der Waals surface area contributed by atoms with Gasteiger partial charge < -0.3 is 19.8 Å². The quantitative estimate of drug-likeness (QED) is 0.650. The number of aromatic nitrogens is 1. The summed E-state index contributed by atoms with van der Waals surface area (Å²) >= 11 is 0. The van der Waals surface area contributed by atoms with Crippen LogP contribution in [0.15, 0.2) is 65.6 Å². The first-order chi connectivity index (χ1) is 13.7. The number of carbonyl (C=O) groups excluding carboxylic acids is 1. The third-order valence-corrected chi connectivity index (χ3v) is 3.70. The van der Waals surface area contributed by atoms with E-state index in [9.17, 15) is 22.8 Å². The van der Waals surface area contributed by atoms with Crippen LogP contribution >= 0.6 is 0 Å². The molecule has 150 valence electrons. The predicted molar refractivity (Wildman–Crippen MR) is 99.4 cm³/mol. The first-order valence-electron chi connectivity index (χ1n) is 8.34. The molecule has 0 saturated carbocycles. The maximum Gasteiger partial charge on any atom is 0.573 e. The van der Waals surface area contributed by atoms with Crippen LogP contribution in [0.1, 0.15) is 15.9 Å². The van der Waals surface area contributed by atoms with Crippen LogP contribution in [0.4, 0.5) is 18.9 Å². The number of hydrogen-bond donors (Lipinski definition) is 2. The molecule has 29 heavy (non-hydrogen) atoms. The Balaban J connectivity index is 1.81. The van der Waals surface area contributed by atoms with Crippen molar-refractivity contribution in [1.82, 2.24) is 4.98 Å². The van der Waals surface area contributed by atoms with Crippen LogP contribution in [-0.4, -0.2) is 17.3 Å². The zero-order valence-corrected chi connectivity index (χ0v) is 15.0. The average Bonchev–Trinajstić information content (AvgIpc) is 2.62. The van der Waals surface area contributed by atoms with E-state index in [0.717, 1.165) is 17.7 Å². The van der Waals surface area contributed by atoms with Gasteiger partial charge in [-0.25, -0.2) is 0 Å². The molecule has 2 aromatic carbocycles. The standard InChI is InChI=1S/C20H15F3N2O4/c1-12-2-7-16(19(27)25-13-8-9-24-18(26)11-13)17(10-12)28-14-3-5-15(6-4-14)29-20(21,22)23/h2-11H,1H3,(H2,24,25,26,27). The lowest BCUT2D eigenvalue weighted by atomic mass is 10.1. The minimum Gasteiger partial charge on any atom is -0.457 e. The van der Waals surface area contributed by atoms with Crippen molar-refractivity contribution in [2.75, 3.05) is 5.32 Å². The molecule has 0 bridgehead atoms. The molecule has 3 aromatic rings. The Morgan fingerprint density at radius 2 is 1.69 bits per heavy atom. The summed E-state index contributed by atoms with van der Waals surface area (Å²) in [4.78, 5) is 26.4. The number of alkyl halides is 3. The SMILES string of the molecule is Cc1ccc(C(=O)Nc2cc[nH]c(=O)c2)c(Oc2ccc(OC(F)(F)F)cc2)c1. The summed E-state index contributed by atoms with van der Waals surface area (Å²) in [5, 5.41) is 2.60. The molecule has 0 spiro atoms. The number of amides is 1. The third-order valence-electron chi connectivity index (χ3n) is 3.70. The zero-order chi connectivity index (χ0) is 21.0. The van der Waals surface area contributed by atoms with Crippen molar-refractivity contribution in [3.63, 3.8) is 0 Å². The normalized spacial score (nSPS) is 11.0. The molecule has 0 radical (unpaired) electrons. The van der Waals surface area contributed by atoms with Crippen molar-refractivity contribution >= 4 is 11.6 Å². The maximum atomic E-state index is 12.6. The van der Waals surface area contributed by atoms with Gasteiger partial charge in [0.1, 0.15) is 17.2 Å². The van der Waals surface area contributed by atoms with Crippen molar-refractivity contribution in [2.45, 2.75) is 13.3 Å². The first kappa shape index (κ1) is 20.0. The Morgan fingerprint density at radius 1 is 1.00 bits per heavy atom. The number of benzene rings is 2. The summed E-state index contributed by atoms with van der Waals surface area (Å²) in [6, 6.07) is 12.4. The van der Waals surface area contributed by atoms with Crippen LogP contribution in [0.5, 0.6) is 17.2 Å². The number of ether oxygens (including phenoxy) is 2. The number of hydrogen-bond acceptors (Lipinski definition) is 4. The Hall–Kier alpha value is -3.75. The number of rotatable bonds is 5. The zero-order valence-electron chi connectivity index (χ0n) is 15.0. The van der Waals surface area contributed by atoms with E-state index < -0.39 is 12.3 Å². The van der Waals surface area contributed by atoms with Crippen LogP contribution in [0.3, 0.4) is 0 Å². The van der Waals surface area contributed by atoms with Gasteiger partial charge in [-0.2, -0.15) is 0 Å². The number of aryl methyl sites for hydroxylation is 1. The van der Waals surface area contributed by atoms with Gasteiger partial charge in [-0.3, -0.25) is 9.59 Å². The van der Waals surface area contributed by atoms with E-state index in [2.05, 4.69) is 15.0 Å². The van der Waals surface area contributed by atoms with Gasteiger partial charge >= 0.3 is 6.36 Å². The minimum absolute atomic E-state index is 0.187. The largest absolute Gasteiger partial charge is 0.573 e. The molecule has 1 heterocycles. The molecule has 1 amide bonds. The molecule has 6 nitrogen and oxygen atoms in total. The number of aromatic amines is 1. The number of nitrogens with one attached hydrogen (secondary N) is 2. The first-order valence-corrected chi connectivity index (χ1v) is 8.34. The van der Waals surface area contributed by atoms with Gasteiger partial charge in [0.15, 0.2) is 0 Å². The Bertz CT molecular complexity index is 1080. The number of carbonyl (C=O) groups is 1. The highest BCUT2D eigenvalue weighted by molar-refractivity contribution is 6.06. The highest BCUT2D eigenvalue weighted by atomic mass is 19.4. The smallest absolute Gasteiger partial charge is 0.457 e. The highest BCUT2D eigenvalue weighted by Crippen LogP contribution is 2.30. The molecule has 0 aliphatic heterocycles. The second-order valence-corrected chi connectivity index (χ2v) is 6.02. The lowest BCUT2D eigenvalue weighted by Crippen LogP contribution is -2.17. The van der Waals surface area contributed by atoms with E-state index >= 15 is 0 Å². The van der Waals surface area contributed by atoms with Gasteiger partial charge in [0.25, 0.3) is 5.91 Å². The fourth-order valence-corrected chi connectivity index (χ4v) is 2.46. The minimum atomic E-state index is -4.79. The van der Waals surface area contributed by atoms with Gasteiger partial charge in [0.2, 0.25) is 5.56 Å². The number of halogens is 3. The summed E-state index contributed by atoms with van der Waals surface area (Å²) in [6.45, 7) is 1.80. The highest BCUT2D eigenvalue weighted by Gasteiger charge is 2.31. The molecule has 0 fully saturated rings. The maximum absolute atomic E-state index is 12.6. The molecular weight excluding hydrogens is 389 g/mol. The molecule has 0 atom stereocenters. The van der Waals surface area contributed by atoms with Gasteiger partial charge in [-0.05, 0) is 55.0 Å². The van der Waals surface area contributed by atoms with E-state index in [-0.39, 0.29) is 28.4 Å². The van der Waals surface area contributed by atoms with Crippen molar-refractivity contribution in [3.8, 4) is 17.2 Å². The van der Waals surface area contributed by atoms with Crippen molar-refractivity contribution in [3.05, 3.63) is 82.3 Å². The van der Waals surface area contributed by atoms with Crippen molar-refractivity contribution in [2.24, 2.45) is 0 Å². The van der Waals surface area contributed by atoms with Gasteiger partial charge in [0, 0.05) is 18.0 Å². The van der Waals surface area contributed by atoms with Crippen LogP contribution in [0.2, 0.25) is 0 Å². The molecular formula is C20H15F3N2O4. The monoisotopic (exact) mass is 404 g/mol. The fourth-order valence-electron chi connectivity index (χ4n) is 2.46. The molecule has 9 heteroatoms. The van der Waals surface area contributed by atoms with E-state index in [1.54, 1.807) is 25.1 Å². The van der Waals surface area contributed by atoms with E-state index in [1.165, 1.54) is 30.5 Å². The Labute approximate surface area is 162 Å². The number of H-pyrrole nitrogens is 1. The number of anilines is 1. The third kappa shape index (κ3) is 5.61. The molecule has 0 unspecified atom stereocenters. The average molecular weight is 404 g/mol. The summed E-state index contributed by atoms with van der Waals surface area (Å²) in [5.74, 6) is -0.476. The molecule has 0 aliphatic carbocycles. The van der Waals surface area contributed by atoms with Crippen LogP contribution in [-0.2, 0) is 0 Å². The van der Waals surface area contributed by atoms with Crippen molar-refractivity contribution in [1.29, 1.82) is 0 Å². The molecule has 1 aromatic heterocycles. The van der Waals surface area contributed by atoms with Crippen molar-refractivity contribution < 1.29 is 27.4 Å². The summed E-state index contributed by atoms with van der Waals surface area (Å²) < 4.78 is 46.3. The lowest BCUT2D eigenvalue weighted by molar-refractivity contribution is -0.274. The Kier molecular flexibility index (Phi) is 5.58. The second kappa shape index (κ2) is 8.09. The van der Waals surface area contributed by atoms with E-state index in [0.29, 0.717) is 5.69 Å². The van der Waals surface area contributed by atoms with Gasteiger partial charge in [0.05, 0.1) is 5.56 Å². The molecule has 2 N–H and O–H groups in total. The van der Waals surface area contributed by atoms with Gasteiger partial charge in [-0.1, -0.05) is 6.07 Å². The molecule has 0 saturated heterocycles. The van der Waals surface area contributed by atoms with E-state index in [4.69, 9.17) is 4.74 Å². The van der Waals surface area contributed by atoms with Crippen LogP contribution in [0.25, 0.3) is 0 Å². The number of pyridine rings is 1. The molecule has 3 rings (SSSR count).